The monoisotopic (exact) mass is 304 g/mol. The van der Waals surface area contributed by atoms with Crippen molar-refractivity contribution in [3.63, 3.8) is 0 Å². The number of amides is 2. The van der Waals surface area contributed by atoms with Gasteiger partial charge in [-0.1, -0.05) is 24.3 Å². The maximum Gasteiger partial charge on any atom is 0.238 e. The van der Waals surface area contributed by atoms with E-state index in [2.05, 4.69) is 17.1 Å². The van der Waals surface area contributed by atoms with E-state index in [0.29, 0.717) is 5.69 Å². The lowest BCUT2D eigenvalue weighted by atomic mass is 9.85. The summed E-state index contributed by atoms with van der Waals surface area (Å²) in [4.78, 5) is 31.8. The number of hydrogen-bond donors (Lipinski definition) is 0. The standard InChI is InChI=1S/C19H16N2O2/c1-10-7-8-20-17-13(10)3-2-4-14(17)21-18(22)15-11-5-6-12(9-11)16(15)19(21)23/h2-8,11-12,15-16H,9H2,1H3/t11-,12+,15-,16+. The fourth-order valence-electron chi connectivity index (χ4n) is 4.62. The number of carbonyl (C=O) groups excluding carboxylic acids is 2. The number of rotatable bonds is 1. The largest absolute Gasteiger partial charge is 0.274 e. The smallest absolute Gasteiger partial charge is 0.238 e. The van der Waals surface area contributed by atoms with E-state index in [1.165, 1.54) is 4.90 Å². The van der Waals surface area contributed by atoms with Crippen molar-refractivity contribution in [3.05, 3.63) is 48.2 Å². The van der Waals surface area contributed by atoms with Crippen LogP contribution in [0.25, 0.3) is 10.9 Å². The lowest BCUT2D eigenvalue weighted by Gasteiger charge is -2.19. The number of anilines is 1. The second-order valence-corrected chi connectivity index (χ2v) is 6.81. The van der Waals surface area contributed by atoms with Crippen molar-refractivity contribution < 1.29 is 9.59 Å². The predicted octanol–water partition coefficient (Wildman–Crippen LogP) is 2.85. The number of benzene rings is 1. The van der Waals surface area contributed by atoms with Crippen LogP contribution in [0.5, 0.6) is 0 Å². The molecule has 1 saturated carbocycles. The van der Waals surface area contributed by atoms with Gasteiger partial charge in [0, 0.05) is 11.6 Å². The lowest BCUT2D eigenvalue weighted by Crippen LogP contribution is -2.33. The fraction of sp³-hybridized carbons (Fsp3) is 0.316. The maximum absolute atomic E-state index is 13.0. The normalized spacial score (nSPS) is 31.4. The molecule has 4 atom stereocenters. The molecule has 2 aromatic rings. The van der Waals surface area contributed by atoms with E-state index >= 15 is 0 Å². The molecule has 4 nitrogen and oxygen atoms in total. The van der Waals surface area contributed by atoms with Crippen molar-refractivity contribution in [3.8, 4) is 0 Å². The molecule has 5 rings (SSSR count). The van der Waals surface area contributed by atoms with Crippen molar-refractivity contribution >= 4 is 28.4 Å². The summed E-state index contributed by atoms with van der Waals surface area (Å²) in [5, 5.41) is 0.990. The molecular formula is C19H16N2O2. The van der Waals surface area contributed by atoms with Crippen molar-refractivity contribution in [1.29, 1.82) is 0 Å². The van der Waals surface area contributed by atoms with Crippen LogP contribution in [0.2, 0.25) is 0 Å². The number of hydrogen-bond acceptors (Lipinski definition) is 3. The van der Waals surface area contributed by atoms with E-state index in [1.54, 1.807) is 6.20 Å². The first-order valence-electron chi connectivity index (χ1n) is 8.07. The molecule has 1 saturated heterocycles. The first-order valence-corrected chi connectivity index (χ1v) is 8.07. The molecule has 2 aliphatic carbocycles. The average Bonchev–Trinajstić information content (AvgIpc) is 3.22. The zero-order valence-corrected chi connectivity index (χ0v) is 12.8. The number of pyridine rings is 1. The SMILES string of the molecule is Cc1ccnc2c(N3C(=O)[C@@H]4[C@H](C3=O)[C@@H]3C=C[C@H]4C3)cccc12. The van der Waals surface area contributed by atoms with Gasteiger partial charge in [-0.15, -0.1) is 0 Å². The van der Waals surface area contributed by atoms with Crippen LogP contribution in [0.15, 0.2) is 42.6 Å². The number of nitrogens with zero attached hydrogens (tertiary/aromatic N) is 2. The number of aromatic nitrogens is 1. The zero-order valence-electron chi connectivity index (χ0n) is 12.8. The van der Waals surface area contributed by atoms with Crippen LogP contribution < -0.4 is 4.90 Å². The molecule has 2 fully saturated rings. The molecule has 23 heavy (non-hydrogen) atoms. The summed E-state index contributed by atoms with van der Waals surface area (Å²) in [6, 6.07) is 7.66. The van der Waals surface area contributed by atoms with Crippen LogP contribution >= 0.6 is 0 Å². The van der Waals surface area contributed by atoms with E-state index in [1.807, 2.05) is 31.2 Å². The highest BCUT2D eigenvalue weighted by atomic mass is 16.2. The van der Waals surface area contributed by atoms with Crippen LogP contribution in [0.3, 0.4) is 0 Å². The van der Waals surface area contributed by atoms with E-state index in [0.717, 1.165) is 22.9 Å². The van der Waals surface area contributed by atoms with E-state index < -0.39 is 0 Å². The predicted molar refractivity (Wildman–Crippen MR) is 86.7 cm³/mol. The van der Waals surface area contributed by atoms with Gasteiger partial charge in [0.15, 0.2) is 0 Å². The molecule has 0 spiro atoms. The lowest BCUT2D eigenvalue weighted by molar-refractivity contribution is -0.123. The van der Waals surface area contributed by atoms with Gasteiger partial charge in [-0.3, -0.25) is 14.6 Å². The van der Waals surface area contributed by atoms with Crippen LogP contribution in [-0.2, 0) is 9.59 Å². The van der Waals surface area contributed by atoms with Crippen LogP contribution in [0.4, 0.5) is 5.69 Å². The van der Waals surface area contributed by atoms with Crippen molar-refractivity contribution in [1.82, 2.24) is 4.98 Å². The number of imide groups is 1. The molecule has 2 heterocycles. The molecule has 1 aromatic heterocycles. The summed E-state index contributed by atoms with van der Waals surface area (Å²) in [7, 11) is 0. The minimum absolute atomic E-state index is 0.0485. The van der Waals surface area contributed by atoms with Gasteiger partial charge in [0.1, 0.15) is 0 Å². The summed E-state index contributed by atoms with van der Waals surface area (Å²) in [6.07, 6.45) is 6.92. The molecule has 3 aliphatic rings. The Labute approximate surface area is 133 Å². The Morgan fingerprint density at radius 2 is 1.74 bits per heavy atom. The van der Waals surface area contributed by atoms with Crippen molar-refractivity contribution in [2.24, 2.45) is 23.7 Å². The first-order chi connectivity index (χ1) is 11.2. The van der Waals surface area contributed by atoms with Crippen LogP contribution in [-0.4, -0.2) is 16.8 Å². The highest BCUT2D eigenvalue weighted by Gasteiger charge is 2.59. The Balaban J connectivity index is 1.68. The number of para-hydroxylation sites is 1. The molecular weight excluding hydrogens is 288 g/mol. The van der Waals surface area contributed by atoms with Crippen molar-refractivity contribution in [2.75, 3.05) is 4.90 Å². The minimum atomic E-state index is -0.169. The third kappa shape index (κ3) is 1.53. The number of carbonyl (C=O) groups is 2. The first kappa shape index (κ1) is 13.0. The Morgan fingerprint density at radius 3 is 2.43 bits per heavy atom. The van der Waals surface area contributed by atoms with Crippen molar-refractivity contribution in [2.45, 2.75) is 13.3 Å². The Kier molecular flexibility index (Phi) is 2.42. The van der Waals surface area contributed by atoms with Crippen LogP contribution in [0.1, 0.15) is 12.0 Å². The quantitative estimate of drug-likeness (QED) is 0.601. The van der Waals surface area contributed by atoms with Gasteiger partial charge in [-0.25, -0.2) is 4.90 Å². The van der Waals surface area contributed by atoms with Crippen LogP contribution in [0, 0.1) is 30.6 Å². The van der Waals surface area contributed by atoms with Gasteiger partial charge in [-0.2, -0.15) is 0 Å². The Bertz CT molecular complexity index is 871. The average molecular weight is 304 g/mol. The van der Waals surface area contributed by atoms with Gasteiger partial charge < -0.3 is 0 Å². The highest BCUT2D eigenvalue weighted by Crippen LogP contribution is 2.53. The molecule has 2 bridgehead atoms. The zero-order chi connectivity index (χ0) is 15.7. The fourth-order valence-corrected chi connectivity index (χ4v) is 4.62. The van der Waals surface area contributed by atoms with Gasteiger partial charge in [-0.05, 0) is 42.9 Å². The number of aryl methyl sites for hydroxylation is 1. The van der Waals surface area contributed by atoms with E-state index in [4.69, 9.17) is 0 Å². The molecule has 1 aromatic carbocycles. The molecule has 0 unspecified atom stereocenters. The summed E-state index contributed by atoms with van der Waals surface area (Å²) in [6.45, 7) is 2.01. The topological polar surface area (TPSA) is 50.3 Å². The summed E-state index contributed by atoms with van der Waals surface area (Å²) in [5.74, 6) is 0.0303. The molecule has 0 radical (unpaired) electrons. The van der Waals surface area contributed by atoms with Gasteiger partial charge >= 0.3 is 0 Å². The van der Waals surface area contributed by atoms with Gasteiger partial charge in [0.05, 0.1) is 23.0 Å². The van der Waals surface area contributed by atoms with E-state index in [-0.39, 0.29) is 35.5 Å². The molecule has 4 heteroatoms. The van der Waals surface area contributed by atoms with Gasteiger partial charge in [0.25, 0.3) is 0 Å². The maximum atomic E-state index is 13.0. The summed E-state index contributed by atoms with van der Waals surface area (Å²) < 4.78 is 0. The second kappa shape index (κ2) is 4.28. The molecule has 1 aliphatic heterocycles. The number of fused-ring (bicyclic) bond motifs is 6. The third-order valence-electron chi connectivity index (χ3n) is 5.68. The Morgan fingerprint density at radius 1 is 1.04 bits per heavy atom. The van der Waals surface area contributed by atoms with Gasteiger partial charge in [0.2, 0.25) is 11.8 Å². The minimum Gasteiger partial charge on any atom is -0.274 e. The second-order valence-electron chi connectivity index (χ2n) is 6.81. The molecule has 0 N–H and O–H groups in total. The Hall–Kier alpha value is -2.49. The summed E-state index contributed by atoms with van der Waals surface area (Å²) >= 11 is 0. The number of allylic oxidation sites excluding steroid dienone is 2. The third-order valence-corrected chi connectivity index (χ3v) is 5.68. The molecule has 2 amide bonds. The summed E-state index contributed by atoms with van der Waals surface area (Å²) in [5.41, 5.74) is 2.46. The van der Waals surface area contributed by atoms with E-state index in [9.17, 15) is 9.59 Å². The highest BCUT2D eigenvalue weighted by molar-refractivity contribution is 6.25. The molecule has 114 valence electrons.